The van der Waals surface area contributed by atoms with Gasteiger partial charge in [0.15, 0.2) is 5.78 Å². The predicted molar refractivity (Wildman–Crippen MR) is 83.7 cm³/mol. The van der Waals surface area contributed by atoms with E-state index in [2.05, 4.69) is 0 Å². The number of rotatable bonds is 6. The van der Waals surface area contributed by atoms with Crippen molar-refractivity contribution in [2.24, 2.45) is 0 Å². The molecule has 0 unspecified atom stereocenters. The second-order valence-corrected chi connectivity index (χ2v) is 4.67. The molecule has 0 aliphatic rings. The molecule has 108 valence electrons. The number of phenols is 1. The average molecular weight is 282 g/mol. The van der Waals surface area contributed by atoms with Gasteiger partial charge in [0.1, 0.15) is 11.5 Å². The minimum atomic E-state index is -0.0830. The molecule has 2 aromatic carbocycles. The van der Waals surface area contributed by atoms with Crippen LogP contribution >= 0.6 is 0 Å². The zero-order valence-electron chi connectivity index (χ0n) is 12.0. The zero-order valence-corrected chi connectivity index (χ0v) is 12.0. The lowest BCUT2D eigenvalue weighted by atomic mass is 10.1. The molecule has 0 aromatic heterocycles. The summed E-state index contributed by atoms with van der Waals surface area (Å²) in [5.41, 5.74) is 1.39. The number of allylic oxidation sites excluding steroid dienone is 1. The summed E-state index contributed by atoms with van der Waals surface area (Å²) >= 11 is 0. The first kappa shape index (κ1) is 14.9. The number of ketones is 1. The monoisotopic (exact) mass is 282 g/mol. The van der Waals surface area contributed by atoms with Gasteiger partial charge in [-0.25, -0.2) is 0 Å². The quantitative estimate of drug-likeness (QED) is 0.641. The third-order valence-electron chi connectivity index (χ3n) is 2.91. The first-order valence-electron chi connectivity index (χ1n) is 6.93. The normalized spacial score (nSPS) is 10.7. The van der Waals surface area contributed by atoms with Crippen molar-refractivity contribution in [1.29, 1.82) is 0 Å². The van der Waals surface area contributed by atoms with Gasteiger partial charge in [-0.15, -0.1) is 0 Å². The Balaban J connectivity index is 2.03. The summed E-state index contributed by atoms with van der Waals surface area (Å²) in [6.45, 7) is 2.72. The number of phenolic OH excluding ortho intramolecular Hbond substituents is 1. The summed E-state index contributed by atoms with van der Waals surface area (Å²) in [6.07, 6.45) is 4.13. The molecule has 0 radical (unpaired) electrons. The van der Waals surface area contributed by atoms with Crippen molar-refractivity contribution in [2.45, 2.75) is 13.3 Å². The zero-order chi connectivity index (χ0) is 15.1. The fourth-order valence-corrected chi connectivity index (χ4v) is 1.83. The first-order valence-corrected chi connectivity index (χ1v) is 6.93. The van der Waals surface area contributed by atoms with E-state index in [1.807, 2.05) is 13.0 Å². The number of hydrogen-bond acceptors (Lipinski definition) is 3. The van der Waals surface area contributed by atoms with E-state index in [9.17, 15) is 9.90 Å². The predicted octanol–water partition coefficient (Wildman–Crippen LogP) is 4.08. The maximum atomic E-state index is 12.0. The molecule has 0 aliphatic carbocycles. The number of benzene rings is 2. The van der Waals surface area contributed by atoms with Crippen LogP contribution in [-0.2, 0) is 0 Å². The Labute approximate surface area is 124 Å². The van der Waals surface area contributed by atoms with Gasteiger partial charge in [0.2, 0.25) is 0 Å². The van der Waals surface area contributed by atoms with E-state index in [0.717, 1.165) is 17.7 Å². The van der Waals surface area contributed by atoms with E-state index in [-0.39, 0.29) is 11.5 Å². The van der Waals surface area contributed by atoms with Crippen LogP contribution in [0.4, 0.5) is 0 Å². The van der Waals surface area contributed by atoms with Gasteiger partial charge in [0, 0.05) is 5.56 Å². The fraction of sp³-hybridized carbons (Fsp3) is 0.167. The summed E-state index contributed by atoms with van der Waals surface area (Å²) in [6, 6.07) is 13.8. The lowest BCUT2D eigenvalue weighted by molar-refractivity contribution is 0.104. The maximum Gasteiger partial charge on any atom is 0.185 e. The number of carbonyl (C=O) groups excluding carboxylic acids is 1. The number of aromatic hydroxyl groups is 1. The van der Waals surface area contributed by atoms with E-state index in [1.54, 1.807) is 48.5 Å². The molecule has 0 fully saturated rings. The number of hydrogen-bond donors (Lipinski definition) is 1. The topological polar surface area (TPSA) is 46.5 Å². The average Bonchev–Trinajstić information content (AvgIpc) is 2.51. The van der Waals surface area contributed by atoms with Crippen LogP contribution in [0.2, 0.25) is 0 Å². The standard InChI is InChI=1S/C18H18O3/c1-2-12-21-17-9-7-15(8-10-17)18(20)11-6-14-4-3-5-16(19)13-14/h3-11,13,19H,2,12H2,1H3/b11-6+. The van der Waals surface area contributed by atoms with Crippen LogP contribution in [0.1, 0.15) is 29.3 Å². The highest BCUT2D eigenvalue weighted by Gasteiger charge is 2.02. The van der Waals surface area contributed by atoms with Gasteiger partial charge < -0.3 is 9.84 Å². The van der Waals surface area contributed by atoms with E-state index in [4.69, 9.17) is 4.74 Å². The van der Waals surface area contributed by atoms with Crippen molar-refractivity contribution in [1.82, 2.24) is 0 Å². The molecule has 2 aromatic rings. The third-order valence-corrected chi connectivity index (χ3v) is 2.91. The summed E-state index contributed by atoms with van der Waals surface area (Å²) in [4.78, 5) is 12.0. The largest absolute Gasteiger partial charge is 0.508 e. The van der Waals surface area contributed by atoms with Crippen molar-refractivity contribution in [3.05, 3.63) is 65.7 Å². The first-order chi connectivity index (χ1) is 10.2. The molecule has 0 saturated heterocycles. The van der Waals surface area contributed by atoms with Gasteiger partial charge in [-0.2, -0.15) is 0 Å². The molecular weight excluding hydrogens is 264 g/mol. The van der Waals surface area contributed by atoms with Crippen molar-refractivity contribution in [2.75, 3.05) is 6.61 Å². The van der Waals surface area contributed by atoms with Gasteiger partial charge in [0.25, 0.3) is 0 Å². The van der Waals surface area contributed by atoms with Gasteiger partial charge >= 0.3 is 0 Å². The second-order valence-electron chi connectivity index (χ2n) is 4.67. The number of carbonyl (C=O) groups is 1. The Morgan fingerprint density at radius 2 is 1.95 bits per heavy atom. The third kappa shape index (κ3) is 4.49. The van der Waals surface area contributed by atoms with Gasteiger partial charge in [-0.3, -0.25) is 4.79 Å². The molecule has 21 heavy (non-hydrogen) atoms. The highest BCUT2D eigenvalue weighted by atomic mass is 16.5. The van der Waals surface area contributed by atoms with E-state index < -0.39 is 0 Å². The van der Waals surface area contributed by atoms with Crippen LogP contribution < -0.4 is 4.74 Å². The van der Waals surface area contributed by atoms with Gasteiger partial charge in [0.05, 0.1) is 6.61 Å². The Hall–Kier alpha value is -2.55. The molecule has 0 saturated carbocycles. The maximum absolute atomic E-state index is 12.0. The molecule has 0 aliphatic heterocycles. The molecule has 1 N–H and O–H groups in total. The van der Waals surface area contributed by atoms with Crippen LogP contribution in [-0.4, -0.2) is 17.5 Å². The van der Waals surface area contributed by atoms with Crippen molar-refractivity contribution in [3.8, 4) is 11.5 Å². The lowest BCUT2D eigenvalue weighted by Gasteiger charge is -2.04. The molecule has 0 heterocycles. The fourth-order valence-electron chi connectivity index (χ4n) is 1.83. The van der Waals surface area contributed by atoms with Gasteiger partial charge in [-0.05, 0) is 54.5 Å². The van der Waals surface area contributed by atoms with E-state index in [0.29, 0.717) is 12.2 Å². The Morgan fingerprint density at radius 1 is 1.19 bits per heavy atom. The molecule has 0 amide bonds. The number of ether oxygens (including phenoxy) is 1. The van der Waals surface area contributed by atoms with Crippen molar-refractivity contribution in [3.63, 3.8) is 0 Å². The molecule has 2 rings (SSSR count). The highest BCUT2D eigenvalue weighted by Crippen LogP contribution is 2.15. The molecule has 0 atom stereocenters. The molecule has 3 nitrogen and oxygen atoms in total. The van der Waals surface area contributed by atoms with Crippen LogP contribution in [0.3, 0.4) is 0 Å². The Morgan fingerprint density at radius 3 is 2.62 bits per heavy atom. The molecule has 0 bridgehead atoms. The van der Waals surface area contributed by atoms with Gasteiger partial charge in [-0.1, -0.05) is 25.1 Å². The molecule has 3 heteroatoms. The highest BCUT2D eigenvalue weighted by molar-refractivity contribution is 6.06. The SMILES string of the molecule is CCCOc1ccc(C(=O)/C=C/c2cccc(O)c2)cc1. The van der Waals surface area contributed by atoms with E-state index >= 15 is 0 Å². The van der Waals surface area contributed by atoms with Crippen LogP contribution in [0.15, 0.2) is 54.6 Å². The minimum absolute atomic E-state index is 0.0830. The minimum Gasteiger partial charge on any atom is -0.508 e. The van der Waals surface area contributed by atoms with Crippen LogP contribution in [0.25, 0.3) is 6.08 Å². The summed E-state index contributed by atoms with van der Waals surface area (Å²) in [5.74, 6) is 0.868. The smallest absolute Gasteiger partial charge is 0.185 e. The van der Waals surface area contributed by atoms with Crippen molar-refractivity contribution >= 4 is 11.9 Å². The van der Waals surface area contributed by atoms with Crippen LogP contribution in [0, 0.1) is 0 Å². The lowest BCUT2D eigenvalue weighted by Crippen LogP contribution is -1.97. The summed E-state index contributed by atoms with van der Waals surface area (Å²) in [5, 5.41) is 9.36. The molecule has 0 spiro atoms. The van der Waals surface area contributed by atoms with Crippen molar-refractivity contribution < 1.29 is 14.6 Å². The molecular formula is C18H18O3. The summed E-state index contributed by atoms with van der Waals surface area (Å²) < 4.78 is 5.48. The second kappa shape index (κ2) is 7.29. The summed E-state index contributed by atoms with van der Waals surface area (Å²) in [7, 11) is 0. The Kier molecular flexibility index (Phi) is 5.16. The van der Waals surface area contributed by atoms with Crippen LogP contribution in [0.5, 0.6) is 11.5 Å². The Bertz CT molecular complexity index is 627. The van der Waals surface area contributed by atoms with E-state index in [1.165, 1.54) is 6.08 Å².